The van der Waals surface area contributed by atoms with Crippen molar-refractivity contribution >= 4 is 29.2 Å². The topological polar surface area (TPSA) is 93.7 Å². The summed E-state index contributed by atoms with van der Waals surface area (Å²) in [4.78, 5) is 36.3. The van der Waals surface area contributed by atoms with Crippen molar-refractivity contribution < 1.29 is 23.9 Å². The van der Waals surface area contributed by atoms with Crippen LogP contribution in [0, 0.1) is 6.92 Å². The molecule has 0 bridgehead atoms. The molecule has 182 valence electrons. The molecule has 3 aromatic carbocycles. The van der Waals surface area contributed by atoms with Crippen LogP contribution in [-0.4, -0.2) is 24.4 Å². The van der Waals surface area contributed by atoms with Crippen molar-refractivity contribution in [1.82, 2.24) is 0 Å². The Labute approximate surface area is 205 Å². The van der Waals surface area contributed by atoms with E-state index in [1.54, 1.807) is 42.5 Å². The van der Waals surface area contributed by atoms with E-state index in [2.05, 4.69) is 37.5 Å². The third kappa shape index (κ3) is 7.43. The fourth-order valence-corrected chi connectivity index (χ4v) is 3.44. The molecule has 3 rings (SSSR count). The Balaban J connectivity index is 1.62. The second kappa shape index (κ2) is 10.9. The van der Waals surface area contributed by atoms with Crippen molar-refractivity contribution in [1.29, 1.82) is 0 Å². The van der Waals surface area contributed by atoms with Crippen LogP contribution in [0.3, 0.4) is 0 Å². The molecule has 0 heterocycles. The second-order valence-electron chi connectivity index (χ2n) is 9.24. The number of amides is 2. The third-order valence-corrected chi connectivity index (χ3v) is 5.06. The third-order valence-electron chi connectivity index (χ3n) is 5.06. The standard InChI is InChI=1S/C28H30N2O5/c1-18-12-13-25(24(14-18)28(3,4)5)34-17-26(32)29-21-9-7-10-22(16-21)30-27(33)20-8-6-11-23(15-20)35-19(2)31/h6-16H,17H2,1-5H3,(H,29,32)(H,30,33). The van der Waals surface area contributed by atoms with E-state index in [4.69, 9.17) is 9.47 Å². The molecule has 0 saturated heterocycles. The van der Waals surface area contributed by atoms with Gasteiger partial charge in [0.05, 0.1) is 0 Å². The van der Waals surface area contributed by atoms with Crippen LogP contribution in [0.2, 0.25) is 0 Å². The monoisotopic (exact) mass is 474 g/mol. The zero-order valence-corrected chi connectivity index (χ0v) is 20.6. The molecule has 0 aliphatic rings. The molecule has 0 unspecified atom stereocenters. The number of benzene rings is 3. The maximum atomic E-state index is 12.6. The molecule has 0 aliphatic heterocycles. The Bertz CT molecular complexity index is 1240. The first-order valence-electron chi connectivity index (χ1n) is 11.2. The molecule has 7 heteroatoms. The molecule has 7 nitrogen and oxygen atoms in total. The number of carbonyl (C=O) groups excluding carboxylic acids is 3. The molecule has 3 aromatic rings. The lowest BCUT2D eigenvalue weighted by molar-refractivity contribution is -0.131. The first-order chi connectivity index (χ1) is 16.5. The summed E-state index contributed by atoms with van der Waals surface area (Å²) in [6.07, 6.45) is 0. The highest BCUT2D eigenvalue weighted by atomic mass is 16.5. The van der Waals surface area contributed by atoms with Gasteiger partial charge in [0.15, 0.2) is 6.61 Å². The summed E-state index contributed by atoms with van der Waals surface area (Å²) in [5.74, 6) is -0.195. The zero-order chi connectivity index (χ0) is 25.6. The molecule has 0 aromatic heterocycles. The highest BCUT2D eigenvalue weighted by Gasteiger charge is 2.20. The molecule has 2 amide bonds. The van der Waals surface area contributed by atoms with Gasteiger partial charge in [0.25, 0.3) is 11.8 Å². The van der Waals surface area contributed by atoms with Crippen molar-refractivity contribution in [2.24, 2.45) is 0 Å². The fraction of sp³-hybridized carbons (Fsp3) is 0.250. The number of rotatable bonds is 7. The number of carbonyl (C=O) groups is 3. The Hall–Kier alpha value is -4.13. The van der Waals surface area contributed by atoms with E-state index in [1.165, 1.54) is 13.0 Å². The Morgan fingerprint density at radius 2 is 1.54 bits per heavy atom. The number of esters is 1. The van der Waals surface area contributed by atoms with E-state index in [0.29, 0.717) is 22.7 Å². The lowest BCUT2D eigenvalue weighted by Gasteiger charge is -2.23. The first-order valence-corrected chi connectivity index (χ1v) is 11.2. The first kappa shape index (κ1) is 25.5. The van der Waals surface area contributed by atoms with E-state index >= 15 is 0 Å². The molecule has 0 aliphatic carbocycles. The normalized spacial score (nSPS) is 10.9. The number of hydrogen-bond acceptors (Lipinski definition) is 5. The Kier molecular flexibility index (Phi) is 7.91. The molecule has 0 atom stereocenters. The Morgan fingerprint density at radius 1 is 0.857 bits per heavy atom. The molecular formula is C28H30N2O5. The van der Waals surface area contributed by atoms with Crippen LogP contribution < -0.4 is 20.1 Å². The maximum absolute atomic E-state index is 12.6. The Morgan fingerprint density at radius 3 is 2.23 bits per heavy atom. The summed E-state index contributed by atoms with van der Waals surface area (Å²) in [5, 5.41) is 5.57. The zero-order valence-electron chi connectivity index (χ0n) is 20.6. The van der Waals surface area contributed by atoms with Gasteiger partial charge in [-0.15, -0.1) is 0 Å². The molecule has 0 spiro atoms. The average Bonchev–Trinajstić information content (AvgIpc) is 2.77. The van der Waals surface area contributed by atoms with Gasteiger partial charge in [-0.25, -0.2) is 0 Å². The summed E-state index contributed by atoms with van der Waals surface area (Å²) < 4.78 is 10.9. The lowest BCUT2D eigenvalue weighted by atomic mass is 9.85. The average molecular weight is 475 g/mol. The number of hydrogen-bond donors (Lipinski definition) is 2. The van der Waals surface area contributed by atoms with Gasteiger partial charge in [0.1, 0.15) is 11.5 Å². The molecule has 35 heavy (non-hydrogen) atoms. The van der Waals surface area contributed by atoms with Gasteiger partial charge in [-0.05, 0) is 60.4 Å². The van der Waals surface area contributed by atoms with E-state index in [9.17, 15) is 14.4 Å². The SMILES string of the molecule is CC(=O)Oc1cccc(C(=O)Nc2cccc(NC(=O)COc3ccc(C)cc3C(C)(C)C)c2)c1. The van der Waals surface area contributed by atoms with Crippen molar-refractivity contribution in [3.8, 4) is 11.5 Å². The number of nitrogens with one attached hydrogen (secondary N) is 2. The molecule has 0 fully saturated rings. The van der Waals surface area contributed by atoms with Gasteiger partial charge in [0, 0.05) is 23.9 Å². The highest BCUT2D eigenvalue weighted by Crippen LogP contribution is 2.32. The van der Waals surface area contributed by atoms with E-state index in [0.717, 1.165) is 11.1 Å². The quantitative estimate of drug-likeness (QED) is 0.349. The molecule has 0 saturated carbocycles. The second-order valence-corrected chi connectivity index (χ2v) is 9.24. The van der Waals surface area contributed by atoms with Gasteiger partial charge in [-0.2, -0.15) is 0 Å². The van der Waals surface area contributed by atoms with Gasteiger partial charge in [-0.1, -0.05) is 50.6 Å². The van der Waals surface area contributed by atoms with E-state index in [1.807, 2.05) is 19.1 Å². The summed E-state index contributed by atoms with van der Waals surface area (Å²) >= 11 is 0. The van der Waals surface area contributed by atoms with Crippen LogP contribution in [-0.2, 0) is 15.0 Å². The van der Waals surface area contributed by atoms with Crippen LogP contribution in [0.4, 0.5) is 11.4 Å². The summed E-state index contributed by atoms with van der Waals surface area (Å²) in [7, 11) is 0. The van der Waals surface area contributed by atoms with Crippen molar-refractivity contribution in [2.75, 3.05) is 17.2 Å². The number of anilines is 2. The van der Waals surface area contributed by atoms with Crippen LogP contribution in [0.5, 0.6) is 11.5 Å². The summed E-state index contributed by atoms with van der Waals surface area (Å²) in [6, 6.07) is 19.0. The van der Waals surface area contributed by atoms with Gasteiger partial charge in [0.2, 0.25) is 0 Å². The number of aryl methyl sites for hydroxylation is 1. The van der Waals surface area contributed by atoms with Gasteiger partial charge in [-0.3, -0.25) is 14.4 Å². The van der Waals surface area contributed by atoms with Crippen molar-refractivity contribution in [2.45, 2.75) is 40.0 Å². The van der Waals surface area contributed by atoms with Gasteiger partial charge < -0.3 is 20.1 Å². The largest absolute Gasteiger partial charge is 0.483 e. The maximum Gasteiger partial charge on any atom is 0.308 e. The lowest BCUT2D eigenvalue weighted by Crippen LogP contribution is -2.22. The smallest absolute Gasteiger partial charge is 0.308 e. The van der Waals surface area contributed by atoms with Crippen LogP contribution >= 0.6 is 0 Å². The molecule has 2 N–H and O–H groups in total. The minimum atomic E-state index is -0.466. The summed E-state index contributed by atoms with van der Waals surface area (Å²) in [6.45, 7) is 9.46. The van der Waals surface area contributed by atoms with Crippen molar-refractivity contribution in [3.05, 3.63) is 83.4 Å². The van der Waals surface area contributed by atoms with Crippen LogP contribution in [0.15, 0.2) is 66.7 Å². The molecular weight excluding hydrogens is 444 g/mol. The fourth-order valence-electron chi connectivity index (χ4n) is 3.44. The van der Waals surface area contributed by atoms with E-state index < -0.39 is 5.97 Å². The van der Waals surface area contributed by atoms with Gasteiger partial charge >= 0.3 is 5.97 Å². The summed E-state index contributed by atoms with van der Waals surface area (Å²) in [5.41, 5.74) is 3.39. The number of ether oxygens (including phenoxy) is 2. The van der Waals surface area contributed by atoms with Crippen molar-refractivity contribution in [3.63, 3.8) is 0 Å². The van der Waals surface area contributed by atoms with Crippen LogP contribution in [0.25, 0.3) is 0 Å². The minimum absolute atomic E-state index is 0.123. The molecule has 0 radical (unpaired) electrons. The predicted octanol–water partition coefficient (Wildman–Crippen LogP) is 5.49. The van der Waals surface area contributed by atoms with E-state index in [-0.39, 0.29) is 29.6 Å². The minimum Gasteiger partial charge on any atom is -0.483 e. The predicted molar refractivity (Wildman–Crippen MR) is 136 cm³/mol. The van der Waals surface area contributed by atoms with Crippen LogP contribution in [0.1, 0.15) is 49.2 Å². The highest BCUT2D eigenvalue weighted by molar-refractivity contribution is 6.05.